The minimum atomic E-state index is 0.625. The molecule has 2 aromatic heterocycles. The Morgan fingerprint density at radius 3 is 1.16 bits per heavy atom. The van der Waals surface area contributed by atoms with E-state index in [0.717, 1.165) is 55.4 Å². The summed E-state index contributed by atoms with van der Waals surface area (Å²) < 4.78 is 0. The van der Waals surface area contributed by atoms with Crippen LogP contribution >= 0.6 is 0 Å². The van der Waals surface area contributed by atoms with Gasteiger partial charge in [0.15, 0.2) is 17.5 Å². The van der Waals surface area contributed by atoms with E-state index in [9.17, 15) is 0 Å². The van der Waals surface area contributed by atoms with Crippen LogP contribution < -0.4 is 0 Å². The third-order valence-corrected chi connectivity index (χ3v) is 10.4. The van der Waals surface area contributed by atoms with Crippen LogP contribution in [0.3, 0.4) is 0 Å². The van der Waals surface area contributed by atoms with E-state index in [-0.39, 0.29) is 0 Å². The Bertz CT molecular complexity index is 2910. The molecule has 0 aliphatic carbocycles. The van der Waals surface area contributed by atoms with Gasteiger partial charge in [-0.2, -0.15) is 0 Å². The van der Waals surface area contributed by atoms with E-state index in [0.29, 0.717) is 17.5 Å². The summed E-state index contributed by atoms with van der Waals surface area (Å²) in [6.45, 7) is 0. The molecule has 0 saturated carbocycles. The Morgan fingerprint density at radius 1 is 0.232 bits per heavy atom. The lowest BCUT2D eigenvalue weighted by Gasteiger charge is -2.16. The van der Waals surface area contributed by atoms with E-state index in [4.69, 9.17) is 19.9 Å². The zero-order chi connectivity index (χ0) is 37.3. The number of nitrogens with zero attached hydrogens (tertiary/aromatic N) is 4. The molecule has 0 aliphatic heterocycles. The lowest BCUT2D eigenvalue weighted by molar-refractivity contribution is 1.07. The predicted octanol–water partition coefficient (Wildman–Crippen LogP) is 13.2. The first kappa shape index (κ1) is 33.0. The molecule has 0 unspecified atom stereocenters. The Balaban J connectivity index is 1.13. The minimum Gasteiger partial charge on any atom is -0.246 e. The molecule has 10 rings (SSSR count). The molecule has 0 amide bonds. The minimum absolute atomic E-state index is 0.625. The molecule has 4 nitrogen and oxygen atoms in total. The number of rotatable bonds is 7. The molecular formula is C52H34N4. The van der Waals surface area contributed by atoms with Crippen molar-refractivity contribution in [1.29, 1.82) is 0 Å². The average Bonchev–Trinajstić information content (AvgIpc) is 3.29. The van der Waals surface area contributed by atoms with Crippen LogP contribution in [0.25, 0.3) is 100 Å². The highest BCUT2D eigenvalue weighted by molar-refractivity contribution is 6.19. The maximum Gasteiger partial charge on any atom is 0.164 e. The standard InChI is InChI=1S/C52H34N4/c1-5-15-35(16-6-1)36-27-31-39(32-28-36)48-45-25-13-23-43(37-17-7-2-8-18-37)47(45)46-26-14-24-44(49(46)53-48)38-29-33-42(34-30-38)52-55-50(40-19-9-3-10-20-40)54-51(56-52)41-21-11-4-12-22-41/h1-34H. The van der Waals surface area contributed by atoms with Gasteiger partial charge >= 0.3 is 0 Å². The Morgan fingerprint density at radius 2 is 0.607 bits per heavy atom. The number of pyridine rings is 1. The molecule has 8 aromatic carbocycles. The van der Waals surface area contributed by atoms with Gasteiger partial charge < -0.3 is 0 Å². The molecule has 0 fully saturated rings. The fourth-order valence-corrected chi connectivity index (χ4v) is 7.58. The van der Waals surface area contributed by atoms with Crippen molar-refractivity contribution in [2.45, 2.75) is 0 Å². The average molecular weight is 715 g/mol. The van der Waals surface area contributed by atoms with E-state index >= 15 is 0 Å². The predicted molar refractivity (Wildman–Crippen MR) is 231 cm³/mol. The van der Waals surface area contributed by atoms with Gasteiger partial charge in [0.2, 0.25) is 0 Å². The van der Waals surface area contributed by atoms with Gasteiger partial charge in [0.05, 0.1) is 11.2 Å². The van der Waals surface area contributed by atoms with Crippen LogP contribution in [0.1, 0.15) is 0 Å². The molecule has 0 aliphatic rings. The maximum atomic E-state index is 5.53. The number of aromatic nitrogens is 4. The van der Waals surface area contributed by atoms with Crippen LogP contribution in [-0.4, -0.2) is 19.9 Å². The first-order valence-electron chi connectivity index (χ1n) is 18.8. The zero-order valence-electron chi connectivity index (χ0n) is 30.4. The number of benzene rings is 8. The number of para-hydroxylation sites is 1. The van der Waals surface area contributed by atoms with Crippen molar-refractivity contribution in [1.82, 2.24) is 19.9 Å². The second-order valence-electron chi connectivity index (χ2n) is 13.8. The lowest BCUT2D eigenvalue weighted by atomic mass is 9.90. The highest BCUT2D eigenvalue weighted by atomic mass is 15.0. The number of hydrogen-bond donors (Lipinski definition) is 0. The van der Waals surface area contributed by atoms with Crippen molar-refractivity contribution in [3.63, 3.8) is 0 Å². The smallest absolute Gasteiger partial charge is 0.164 e. The fourth-order valence-electron chi connectivity index (χ4n) is 7.58. The van der Waals surface area contributed by atoms with Gasteiger partial charge in [0.1, 0.15) is 0 Å². The van der Waals surface area contributed by atoms with E-state index in [1.165, 1.54) is 27.6 Å². The molecule has 4 heteroatoms. The third kappa shape index (κ3) is 6.19. The van der Waals surface area contributed by atoms with Crippen LogP contribution in [0.5, 0.6) is 0 Å². The van der Waals surface area contributed by atoms with Crippen LogP contribution in [0, 0.1) is 0 Å². The fraction of sp³-hybridized carbons (Fsp3) is 0. The summed E-state index contributed by atoms with van der Waals surface area (Å²) in [7, 11) is 0. The topological polar surface area (TPSA) is 51.6 Å². The number of fused-ring (bicyclic) bond motifs is 3. The lowest BCUT2D eigenvalue weighted by Crippen LogP contribution is -2.00. The third-order valence-electron chi connectivity index (χ3n) is 10.4. The SMILES string of the molecule is c1ccc(-c2ccc(-c3nc4c(-c5ccc(-c6nc(-c7ccccc7)nc(-c7ccccc7)n6)cc5)cccc4c4c(-c5ccccc5)cccc34)cc2)cc1. The Hall–Kier alpha value is -7.56. The summed E-state index contributed by atoms with van der Waals surface area (Å²) in [5, 5.41) is 3.43. The molecular weight excluding hydrogens is 681 g/mol. The monoisotopic (exact) mass is 714 g/mol. The first-order chi connectivity index (χ1) is 27.8. The molecule has 0 bridgehead atoms. The summed E-state index contributed by atoms with van der Waals surface area (Å²) in [6, 6.07) is 71.7. The van der Waals surface area contributed by atoms with E-state index < -0.39 is 0 Å². The summed E-state index contributed by atoms with van der Waals surface area (Å²) in [4.78, 5) is 20.3. The summed E-state index contributed by atoms with van der Waals surface area (Å²) in [6.07, 6.45) is 0. The molecule has 0 spiro atoms. The van der Waals surface area contributed by atoms with Crippen LogP contribution in [0.2, 0.25) is 0 Å². The van der Waals surface area contributed by atoms with Crippen molar-refractivity contribution >= 4 is 21.7 Å². The maximum absolute atomic E-state index is 5.53. The number of hydrogen-bond acceptors (Lipinski definition) is 4. The molecule has 2 heterocycles. The molecule has 10 aromatic rings. The van der Waals surface area contributed by atoms with Gasteiger partial charge in [-0.3, -0.25) is 0 Å². The van der Waals surface area contributed by atoms with Crippen molar-refractivity contribution in [2.75, 3.05) is 0 Å². The van der Waals surface area contributed by atoms with E-state index in [1.807, 2.05) is 60.7 Å². The molecule has 0 atom stereocenters. The van der Waals surface area contributed by atoms with Crippen molar-refractivity contribution < 1.29 is 0 Å². The van der Waals surface area contributed by atoms with Crippen molar-refractivity contribution in [2.24, 2.45) is 0 Å². The van der Waals surface area contributed by atoms with Crippen molar-refractivity contribution in [3.8, 4) is 78.8 Å². The highest BCUT2D eigenvalue weighted by Crippen LogP contribution is 2.41. The molecule has 0 radical (unpaired) electrons. The second-order valence-corrected chi connectivity index (χ2v) is 13.8. The van der Waals surface area contributed by atoms with Gasteiger partial charge in [0.25, 0.3) is 0 Å². The van der Waals surface area contributed by atoms with Crippen LogP contribution in [-0.2, 0) is 0 Å². The Labute approximate surface area is 325 Å². The van der Waals surface area contributed by atoms with Gasteiger partial charge in [-0.25, -0.2) is 19.9 Å². The largest absolute Gasteiger partial charge is 0.246 e. The van der Waals surface area contributed by atoms with E-state index in [1.54, 1.807) is 0 Å². The molecule has 56 heavy (non-hydrogen) atoms. The molecule has 262 valence electrons. The normalized spacial score (nSPS) is 11.2. The first-order valence-corrected chi connectivity index (χ1v) is 18.8. The summed E-state index contributed by atoms with van der Waals surface area (Å²) in [5.74, 6) is 1.91. The van der Waals surface area contributed by atoms with E-state index in [2.05, 4.69) is 146 Å². The summed E-state index contributed by atoms with van der Waals surface area (Å²) >= 11 is 0. The van der Waals surface area contributed by atoms with Crippen LogP contribution in [0.15, 0.2) is 206 Å². The molecule has 0 saturated heterocycles. The molecule has 0 N–H and O–H groups in total. The second kappa shape index (κ2) is 14.3. The van der Waals surface area contributed by atoms with Crippen LogP contribution in [0.4, 0.5) is 0 Å². The van der Waals surface area contributed by atoms with Gasteiger partial charge in [-0.15, -0.1) is 0 Å². The highest BCUT2D eigenvalue weighted by Gasteiger charge is 2.18. The zero-order valence-corrected chi connectivity index (χ0v) is 30.4. The van der Waals surface area contributed by atoms with Gasteiger partial charge in [0, 0.05) is 44.0 Å². The summed E-state index contributed by atoms with van der Waals surface area (Å²) in [5.41, 5.74) is 12.6. The Kier molecular flexibility index (Phi) is 8.47. The van der Waals surface area contributed by atoms with Gasteiger partial charge in [-0.1, -0.05) is 206 Å². The van der Waals surface area contributed by atoms with Crippen molar-refractivity contribution in [3.05, 3.63) is 206 Å². The quantitative estimate of drug-likeness (QED) is 0.154. The van der Waals surface area contributed by atoms with Gasteiger partial charge in [-0.05, 0) is 27.8 Å².